The number of nitrogens with one attached hydrogen (secondary N) is 1. The Balaban J connectivity index is 2.12. The first-order valence-corrected chi connectivity index (χ1v) is 6.41. The lowest BCUT2D eigenvalue weighted by atomic mass is 10.2. The third-order valence-electron chi connectivity index (χ3n) is 2.63. The van der Waals surface area contributed by atoms with Crippen LogP contribution in [-0.2, 0) is 6.54 Å². The van der Waals surface area contributed by atoms with Crippen LogP contribution in [0.3, 0.4) is 0 Å². The number of ether oxygens (including phenoxy) is 1. The van der Waals surface area contributed by atoms with Gasteiger partial charge in [-0.25, -0.2) is 8.78 Å². The van der Waals surface area contributed by atoms with Gasteiger partial charge in [0.15, 0.2) is 0 Å². The van der Waals surface area contributed by atoms with Crippen molar-refractivity contribution in [3.8, 4) is 5.75 Å². The zero-order valence-corrected chi connectivity index (χ0v) is 11.8. The predicted molar refractivity (Wildman–Crippen MR) is 74.4 cm³/mol. The summed E-state index contributed by atoms with van der Waals surface area (Å²) in [5.74, 6) is -0.506. The van der Waals surface area contributed by atoms with Crippen LogP contribution >= 0.6 is 15.9 Å². The summed E-state index contributed by atoms with van der Waals surface area (Å²) >= 11 is 3.03. The van der Waals surface area contributed by atoms with Crippen molar-refractivity contribution in [1.82, 2.24) is 0 Å². The third kappa shape index (κ3) is 3.44. The van der Waals surface area contributed by atoms with Crippen LogP contribution in [0.1, 0.15) is 5.56 Å². The molecule has 19 heavy (non-hydrogen) atoms. The number of anilines is 1. The Kier molecular flexibility index (Phi) is 4.37. The quantitative estimate of drug-likeness (QED) is 0.843. The molecule has 0 radical (unpaired) electrons. The molecule has 0 aliphatic heterocycles. The molecular formula is C14H12BrF2NO. The minimum atomic E-state index is -0.622. The van der Waals surface area contributed by atoms with Gasteiger partial charge in [-0.15, -0.1) is 0 Å². The van der Waals surface area contributed by atoms with Crippen LogP contribution in [0.15, 0.2) is 40.9 Å². The molecule has 0 unspecified atom stereocenters. The molecule has 0 aromatic heterocycles. The van der Waals surface area contributed by atoms with E-state index in [4.69, 9.17) is 4.74 Å². The van der Waals surface area contributed by atoms with Gasteiger partial charge in [0.25, 0.3) is 0 Å². The van der Waals surface area contributed by atoms with E-state index in [1.807, 2.05) is 24.3 Å². The summed E-state index contributed by atoms with van der Waals surface area (Å²) in [4.78, 5) is 0. The van der Waals surface area contributed by atoms with Gasteiger partial charge in [0.05, 0.1) is 17.3 Å². The number of benzene rings is 2. The molecule has 2 aromatic carbocycles. The number of hydrogen-bond donors (Lipinski definition) is 1. The molecule has 1 N–H and O–H groups in total. The van der Waals surface area contributed by atoms with Gasteiger partial charge in [0.1, 0.15) is 17.4 Å². The monoisotopic (exact) mass is 327 g/mol. The van der Waals surface area contributed by atoms with Crippen LogP contribution in [0, 0.1) is 11.6 Å². The molecule has 0 saturated heterocycles. The summed E-state index contributed by atoms with van der Waals surface area (Å²) < 4.78 is 32.0. The summed E-state index contributed by atoms with van der Waals surface area (Å²) in [5, 5.41) is 2.92. The summed E-state index contributed by atoms with van der Waals surface area (Å²) in [6, 6.07) is 9.66. The van der Waals surface area contributed by atoms with Gasteiger partial charge in [-0.3, -0.25) is 0 Å². The zero-order chi connectivity index (χ0) is 13.8. The zero-order valence-electron chi connectivity index (χ0n) is 10.2. The fourth-order valence-corrected chi connectivity index (χ4v) is 1.98. The van der Waals surface area contributed by atoms with Gasteiger partial charge in [-0.05, 0) is 39.7 Å². The maximum Gasteiger partial charge on any atom is 0.149 e. The smallest absolute Gasteiger partial charge is 0.149 e. The molecule has 5 heteroatoms. The highest BCUT2D eigenvalue weighted by Crippen LogP contribution is 2.24. The Hall–Kier alpha value is -1.62. The fourth-order valence-electron chi connectivity index (χ4n) is 1.64. The maximum atomic E-state index is 13.5. The highest BCUT2D eigenvalue weighted by atomic mass is 79.9. The Labute approximate surface area is 118 Å². The normalized spacial score (nSPS) is 10.3. The highest BCUT2D eigenvalue weighted by molar-refractivity contribution is 9.10. The summed E-state index contributed by atoms with van der Waals surface area (Å²) in [6.07, 6.45) is 0. The molecule has 0 bridgehead atoms. The molecule has 0 fully saturated rings. The maximum absolute atomic E-state index is 13.5. The van der Waals surface area contributed by atoms with Crippen molar-refractivity contribution in [1.29, 1.82) is 0 Å². The van der Waals surface area contributed by atoms with Crippen molar-refractivity contribution in [3.05, 3.63) is 58.1 Å². The van der Waals surface area contributed by atoms with E-state index in [0.717, 1.165) is 17.4 Å². The van der Waals surface area contributed by atoms with E-state index in [1.165, 1.54) is 6.07 Å². The molecule has 0 heterocycles. The number of methoxy groups -OCH3 is 1. The van der Waals surface area contributed by atoms with Crippen molar-refractivity contribution in [3.63, 3.8) is 0 Å². The van der Waals surface area contributed by atoms with E-state index >= 15 is 0 Å². The molecule has 0 atom stereocenters. The molecule has 0 aliphatic rings. The van der Waals surface area contributed by atoms with Crippen molar-refractivity contribution in [2.24, 2.45) is 0 Å². The predicted octanol–water partition coefficient (Wildman–Crippen LogP) is 4.35. The topological polar surface area (TPSA) is 21.3 Å². The first-order valence-electron chi connectivity index (χ1n) is 5.61. The lowest BCUT2D eigenvalue weighted by Crippen LogP contribution is -2.02. The van der Waals surface area contributed by atoms with E-state index in [2.05, 4.69) is 21.2 Å². The summed E-state index contributed by atoms with van der Waals surface area (Å²) in [5.41, 5.74) is 1.19. The Morgan fingerprint density at radius 3 is 2.68 bits per heavy atom. The average Bonchev–Trinajstić information content (AvgIpc) is 2.41. The van der Waals surface area contributed by atoms with Gasteiger partial charge in [0, 0.05) is 12.6 Å². The molecule has 100 valence electrons. The number of hydrogen-bond acceptors (Lipinski definition) is 2. The second-order valence-corrected chi connectivity index (χ2v) is 4.81. The van der Waals surface area contributed by atoms with Crippen LogP contribution in [0.4, 0.5) is 14.5 Å². The van der Waals surface area contributed by atoms with E-state index in [9.17, 15) is 8.78 Å². The number of rotatable bonds is 4. The Morgan fingerprint density at radius 2 is 1.95 bits per heavy atom. The van der Waals surface area contributed by atoms with Crippen LogP contribution < -0.4 is 10.1 Å². The molecule has 2 nitrogen and oxygen atoms in total. The standard InChI is InChI=1S/C14H12BrF2NO/c1-19-10-4-2-3-9(5-10)8-18-14-6-11(15)12(16)7-13(14)17/h2-7,18H,8H2,1H3. The van der Waals surface area contributed by atoms with Crippen LogP contribution in [0.5, 0.6) is 5.75 Å². The minimum Gasteiger partial charge on any atom is -0.497 e. The van der Waals surface area contributed by atoms with Gasteiger partial charge in [-0.2, -0.15) is 0 Å². The SMILES string of the molecule is COc1cccc(CNc2cc(Br)c(F)cc2F)c1. The molecule has 2 rings (SSSR count). The Morgan fingerprint density at radius 1 is 1.16 bits per heavy atom. The van der Waals surface area contributed by atoms with Gasteiger partial charge >= 0.3 is 0 Å². The lowest BCUT2D eigenvalue weighted by Gasteiger charge is -2.09. The molecule has 0 aliphatic carbocycles. The van der Waals surface area contributed by atoms with E-state index in [-0.39, 0.29) is 10.2 Å². The van der Waals surface area contributed by atoms with Crippen molar-refractivity contribution in [2.45, 2.75) is 6.54 Å². The summed E-state index contributed by atoms with van der Waals surface area (Å²) in [6.45, 7) is 0.423. The minimum absolute atomic E-state index is 0.224. The fraction of sp³-hybridized carbons (Fsp3) is 0.143. The second-order valence-electron chi connectivity index (χ2n) is 3.95. The number of halogens is 3. The molecule has 0 saturated carbocycles. The van der Waals surface area contributed by atoms with Crippen molar-refractivity contribution in [2.75, 3.05) is 12.4 Å². The molecule has 0 amide bonds. The lowest BCUT2D eigenvalue weighted by molar-refractivity contribution is 0.414. The first-order chi connectivity index (χ1) is 9.10. The summed E-state index contributed by atoms with van der Waals surface area (Å²) in [7, 11) is 1.59. The van der Waals surface area contributed by atoms with Crippen LogP contribution in [0.25, 0.3) is 0 Å². The van der Waals surface area contributed by atoms with E-state index in [1.54, 1.807) is 7.11 Å². The first kappa shape index (κ1) is 13.8. The van der Waals surface area contributed by atoms with Crippen molar-refractivity contribution < 1.29 is 13.5 Å². The largest absolute Gasteiger partial charge is 0.497 e. The molecular weight excluding hydrogens is 316 g/mol. The Bertz CT molecular complexity index is 590. The second kappa shape index (κ2) is 6.02. The van der Waals surface area contributed by atoms with E-state index < -0.39 is 11.6 Å². The molecule has 2 aromatic rings. The van der Waals surface area contributed by atoms with E-state index in [0.29, 0.717) is 6.54 Å². The van der Waals surface area contributed by atoms with Gasteiger partial charge in [0.2, 0.25) is 0 Å². The third-order valence-corrected chi connectivity index (χ3v) is 3.23. The van der Waals surface area contributed by atoms with Gasteiger partial charge < -0.3 is 10.1 Å². The average molecular weight is 328 g/mol. The van der Waals surface area contributed by atoms with Gasteiger partial charge in [-0.1, -0.05) is 12.1 Å². The van der Waals surface area contributed by atoms with Crippen LogP contribution in [-0.4, -0.2) is 7.11 Å². The van der Waals surface area contributed by atoms with Crippen molar-refractivity contribution >= 4 is 21.6 Å². The van der Waals surface area contributed by atoms with Crippen LogP contribution in [0.2, 0.25) is 0 Å². The molecule has 0 spiro atoms. The highest BCUT2D eigenvalue weighted by Gasteiger charge is 2.08.